The van der Waals surface area contributed by atoms with Gasteiger partial charge in [-0.25, -0.2) is 9.78 Å². The molecule has 1 unspecified atom stereocenters. The van der Waals surface area contributed by atoms with Gasteiger partial charge >= 0.3 is 6.09 Å². The first kappa shape index (κ1) is 21.3. The molecule has 0 spiro atoms. The quantitative estimate of drug-likeness (QED) is 0.706. The molecular weight excluding hydrogens is 402 g/mol. The fourth-order valence-electron chi connectivity index (χ4n) is 4.18. The number of primary amides is 1. The second-order valence-electron chi connectivity index (χ2n) is 7.84. The molecule has 10 heteroatoms. The number of amides is 2. The van der Waals surface area contributed by atoms with Crippen LogP contribution in [0.4, 0.5) is 10.5 Å². The molecule has 2 aliphatic heterocycles. The van der Waals surface area contributed by atoms with Crippen molar-refractivity contribution in [2.24, 2.45) is 5.73 Å². The minimum Gasteiger partial charge on any atom is -0.465 e. The highest BCUT2D eigenvalue weighted by Gasteiger charge is 2.31. The molecule has 2 fully saturated rings. The van der Waals surface area contributed by atoms with E-state index in [-0.39, 0.29) is 17.8 Å². The van der Waals surface area contributed by atoms with Crippen LogP contribution >= 0.6 is 0 Å². The Kier molecular flexibility index (Phi) is 6.47. The van der Waals surface area contributed by atoms with Gasteiger partial charge < -0.3 is 30.1 Å². The van der Waals surface area contributed by atoms with E-state index in [2.05, 4.69) is 14.9 Å². The summed E-state index contributed by atoms with van der Waals surface area (Å²) in [4.78, 5) is 35.6. The number of rotatable bonds is 6. The lowest BCUT2D eigenvalue weighted by molar-refractivity contribution is -0.0367. The summed E-state index contributed by atoms with van der Waals surface area (Å²) in [5.41, 5.74) is 6.98. The number of carboxylic acid groups (broad SMARTS) is 1. The summed E-state index contributed by atoms with van der Waals surface area (Å²) < 4.78 is 11.3. The molecule has 0 aliphatic carbocycles. The third-order valence-corrected chi connectivity index (χ3v) is 5.87. The molecule has 4 rings (SSSR count). The van der Waals surface area contributed by atoms with E-state index in [1.54, 1.807) is 24.5 Å². The summed E-state index contributed by atoms with van der Waals surface area (Å²) in [6.07, 6.45) is 4.96. The zero-order valence-corrected chi connectivity index (χ0v) is 17.3. The molecule has 0 bridgehead atoms. The summed E-state index contributed by atoms with van der Waals surface area (Å²) in [6.45, 7) is 3.27. The Balaban J connectivity index is 1.50. The number of hydrogen-bond donors (Lipinski definition) is 2. The van der Waals surface area contributed by atoms with E-state index in [1.807, 2.05) is 0 Å². The molecular formula is C21H27N5O5. The summed E-state index contributed by atoms with van der Waals surface area (Å²) in [5.74, 6) is -0.594. The Hall–Kier alpha value is -2.98. The predicted molar refractivity (Wildman–Crippen MR) is 113 cm³/mol. The SMILES string of the molecule is NC(=O)c1ccc2cncc(N3CCN(C(=O)O)C(CCOC4CCOCC4)C3)c2n1. The van der Waals surface area contributed by atoms with Gasteiger partial charge in [-0.05, 0) is 31.4 Å². The molecule has 2 amide bonds. The number of ether oxygens (including phenoxy) is 2. The van der Waals surface area contributed by atoms with E-state index in [9.17, 15) is 14.7 Å². The van der Waals surface area contributed by atoms with E-state index >= 15 is 0 Å². The second-order valence-corrected chi connectivity index (χ2v) is 7.84. The fourth-order valence-corrected chi connectivity index (χ4v) is 4.18. The largest absolute Gasteiger partial charge is 0.465 e. The first-order valence-corrected chi connectivity index (χ1v) is 10.5. The molecule has 0 saturated carbocycles. The van der Waals surface area contributed by atoms with Crippen LogP contribution in [0, 0.1) is 0 Å². The number of piperazine rings is 1. The summed E-state index contributed by atoms with van der Waals surface area (Å²) in [6, 6.07) is 3.13. The number of aromatic nitrogens is 2. The lowest BCUT2D eigenvalue weighted by Crippen LogP contribution is -2.55. The standard InChI is InChI=1S/C21H27N5O5/c22-20(27)17-2-1-14-11-23-12-18(19(14)24-17)25-6-7-26(21(28)29)15(13-25)3-10-31-16-4-8-30-9-5-16/h1-2,11-12,15-16H,3-10,13H2,(H2,22,27)(H,28,29). The van der Waals surface area contributed by atoms with Crippen molar-refractivity contribution >= 4 is 28.6 Å². The minimum atomic E-state index is -0.930. The molecule has 1 atom stereocenters. The summed E-state index contributed by atoms with van der Waals surface area (Å²) in [7, 11) is 0. The van der Waals surface area contributed by atoms with Crippen molar-refractivity contribution < 1.29 is 24.2 Å². The third-order valence-electron chi connectivity index (χ3n) is 5.87. The lowest BCUT2D eigenvalue weighted by atomic mass is 10.1. The van der Waals surface area contributed by atoms with Crippen molar-refractivity contribution in [1.82, 2.24) is 14.9 Å². The highest BCUT2D eigenvalue weighted by Crippen LogP contribution is 2.27. The van der Waals surface area contributed by atoms with Gasteiger partial charge in [0.2, 0.25) is 0 Å². The average molecular weight is 429 g/mol. The zero-order valence-electron chi connectivity index (χ0n) is 17.3. The minimum absolute atomic E-state index is 0.172. The van der Waals surface area contributed by atoms with Crippen LogP contribution in [0.15, 0.2) is 24.5 Å². The number of carbonyl (C=O) groups is 2. The Morgan fingerprint density at radius 3 is 2.77 bits per heavy atom. The fraction of sp³-hybridized carbons (Fsp3) is 0.524. The number of nitrogens with two attached hydrogens (primary N) is 1. The number of pyridine rings is 2. The Morgan fingerprint density at radius 2 is 2.03 bits per heavy atom. The van der Waals surface area contributed by atoms with E-state index in [4.69, 9.17) is 15.2 Å². The molecule has 2 saturated heterocycles. The van der Waals surface area contributed by atoms with Crippen LogP contribution in [-0.2, 0) is 9.47 Å². The van der Waals surface area contributed by atoms with Gasteiger partial charge in [0.05, 0.1) is 29.5 Å². The molecule has 0 radical (unpaired) electrons. The van der Waals surface area contributed by atoms with Crippen LogP contribution in [-0.4, -0.2) is 83.6 Å². The topological polar surface area (TPSA) is 131 Å². The van der Waals surface area contributed by atoms with Crippen molar-refractivity contribution in [1.29, 1.82) is 0 Å². The molecule has 0 aromatic carbocycles. The maximum absolute atomic E-state index is 11.8. The van der Waals surface area contributed by atoms with Gasteiger partial charge in [0.15, 0.2) is 0 Å². The highest BCUT2D eigenvalue weighted by molar-refractivity contribution is 5.96. The van der Waals surface area contributed by atoms with Crippen molar-refractivity contribution in [3.63, 3.8) is 0 Å². The molecule has 2 aromatic heterocycles. The van der Waals surface area contributed by atoms with E-state index in [0.717, 1.165) is 23.9 Å². The first-order valence-electron chi connectivity index (χ1n) is 10.5. The van der Waals surface area contributed by atoms with Gasteiger partial charge in [0.1, 0.15) is 5.69 Å². The Labute approximate surface area is 179 Å². The molecule has 31 heavy (non-hydrogen) atoms. The highest BCUT2D eigenvalue weighted by atomic mass is 16.5. The van der Waals surface area contributed by atoms with Crippen LogP contribution in [0.1, 0.15) is 29.8 Å². The lowest BCUT2D eigenvalue weighted by Gasteiger charge is -2.41. The summed E-state index contributed by atoms with van der Waals surface area (Å²) >= 11 is 0. The number of fused-ring (bicyclic) bond motifs is 1. The molecule has 166 valence electrons. The monoisotopic (exact) mass is 429 g/mol. The Morgan fingerprint density at radius 1 is 1.23 bits per heavy atom. The van der Waals surface area contributed by atoms with Gasteiger partial charge in [-0.3, -0.25) is 9.78 Å². The number of anilines is 1. The molecule has 4 heterocycles. The van der Waals surface area contributed by atoms with Gasteiger partial charge in [-0.15, -0.1) is 0 Å². The van der Waals surface area contributed by atoms with Crippen LogP contribution in [0.2, 0.25) is 0 Å². The number of nitrogens with zero attached hydrogens (tertiary/aromatic N) is 4. The summed E-state index contributed by atoms with van der Waals surface area (Å²) in [5, 5.41) is 10.5. The maximum atomic E-state index is 11.8. The molecule has 2 aliphatic rings. The van der Waals surface area contributed by atoms with Crippen molar-refractivity contribution in [3.05, 3.63) is 30.2 Å². The normalized spacial score (nSPS) is 20.2. The van der Waals surface area contributed by atoms with Crippen molar-refractivity contribution in [2.45, 2.75) is 31.4 Å². The van der Waals surface area contributed by atoms with E-state index in [1.165, 1.54) is 4.90 Å². The zero-order chi connectivity index (χ0) is 21.8. The first-order chi connectivity index (χ1) is 15.0. The van der Waals surface area contributed by atoms with Crippen LogP contribution in [0.3, 0.4) is 0 Å². The smallest absolute Gasteiger partial charge is 0.407 e. The average Bonchev–Trinajstić information content (AvgIpc) is 2.78. The van der Waals surface area contributed by atoms with E-state index < -0.39 is 12.0 Å². The second kappa shape index (κ2) is 9.44. The van der Waals surface area contributed by atoms with Gasteiger partial charge in [0, 0.05) is 51.0 Å². The maximum Gasteiger partial charge on any atom is 0.407 e. The predicted octanol–water partition coefficient (Wildman–Crippen LogP) is 1.48. The van der Waals surface area contributed by atoms with Crippen LogP contribution in [0.5, 0.6) is 0 Å². The Bertz CT molecular complexity index is 949. The van der Waals surface area contributed by atoms with Crippen molar-refractivity contribution in [2.75, 3.05) is 44.4 Å². The van der Waals surface area contributed by atoms with E-state index in [0.29, 0.717) is 51.4 Å². The van der Waals surface area contributed by atoms with Crippen LogP contribution < -0.4 is 10.6 Å². The van der Waals surface area contributed by atoms with Crippen molar-refractivity contribution in [3.8, 4) is 0 Å². The van der Waals surface area contributed by atoms with Gasteiger partial charge in [-0.1, -0.05) is 0 Å². The van der Waals surface area contributed by atoms with Gasteiger partial charge in [0.25, 0.3) is 5.91 Å². The molecule has 10 nitrogen and oxygen atoms in total. The molecule has 2 aromatic rings. The van der Waals surface area contributed by atoms with Gasteiger partial charge in [-0.2, -0.15) is 0 Å². The third kappa shape index (κ3) is 4.86. The van der Waals surface area contributed by atoms with Crippen LogP contribution in [0.25, 0.3) is 10.9 Å². The number of hydrogen-bond acceptors (Lipinski definition) is 7. The molecule has 3 N–H and O–H groups in total. The number of carbonyl (C=O) groups excluding carboxylic acids is 1.